The van der Waals surface area contributed by atoms with Crippen LogP contribution in [0.3, 0.4) is 0 Å². The summed E-state index contributed by atoms with van der Waals surface area (Å²) in [5, 5.41) is 0. The van der Waals surface area contributed by atoms with Gasteiger partial charge < -0.3 is 0 Å². The van der Waals surface area contributed by atoms with Gasteiger partial charge in [-0.25, -0.2) is 9.37 Å². The van der Waals surface area contributed by atoms with Crippen molar-refractivity contribution in [1.82, 2.24) is 14.3 Å². The molecule has 1 aliphatic rings. The van der Waals surface area contributed by atoms with Crippen LogP contribution < -0.4 is 5.56 Å². The Hall–Kier alpha value is -2.97. The van der Waals surface area contributed by atoms with Gasteiger partial charge in [-0.2, -0.15) is 0 Å². The number of halogens is 1. The zero-order chi connectivity index (χ0) is 18.8. The largest absolute Gasteiger partial charge is 0.299 e. The van der Waals surface area contributed by atoms with E-state index in [0.29, 0.717) is 17.8 Å². The highest BCUT2D eigenvalue weighted by molar-refractivity contribution is 5.50. The van der Waals surface area contributed by atoms with E-state index in [1.54, 1.807) is 28.8 Å². The van der Waals surface area contributed by atoms with Crippen LogP contribution in [-0.2, 0) is 13.0 Å². The molecule has 27 heavy (non-hydrogen) atoms. The van der Waals surface area contributed by atoms with E-state index in [0.717, 1.165) is 42.8 Å². The third kappa shape index (κ3) is 3.62. The summed E-state index contributed by atoms with van der Waals surface area (Å²) in [7, 11) is 0. The average Bonchev–Trinajstić information content (AvgIpc) is 2.89. The Bertz CT molecular complexity index is 1120. The highest BCUT2D eigenvalue weighted by Crippen LogP contribution is 2.15. The van der Waals surface area contributed by atoms with E-state index in [4.69, 9.17) is 4.98 Å². The summed E-state index contributed by atoms with van der Waals surface area (Å²) in [6.45, 7) is 4.68. The van der Waals surface area contributed by atoms with Crippen LogP contribution in [0.15, 0.2) is 47.4 Å². The van der Waals surface area contributed by atoms with Crippen LogP contribution in [0, 0.1) is 17.7 Å². The van der Waals surface area contributed by atoms with Gasteiger partial charge in [-0.15, -0.1) is 0 Å². The van der Waals surface area contributed by atoms with Gasteiger partial charge >= 0.3 is 0 Å². The number of hydrogen-bond acceptors (Lipinski definition) is 3. The fourth-order valence-corrected chi connectivity index (χ4v) is 3.42. The summed E-state index contributed by atoms with van der Waals surface area (Å²) in [6.07, 6.45) is 3.54. The van der Waals surface area contributed by atoms with Gasteiger partial charge in [0.1, 0.15) is 11.5 Å². The zero-order valence-corrected chi connectivity index (χ0v) is 15.2. The summed E-state index contributed by atoms with van der Waals surface area (Å²) in [5.74, 6) is 5.68. The van der Waals surface area contributed by atoms with Crippen molar-refractivity contribution in [3.05, 3.63) is 81.2 Å². The predicted octanol–water partition coefficient (Wildman–Crippen LogP) is 3.00. The molecule has 4 nitrogen and oxygen atoms in total. The molecule has 0 unspecified atom stereocenters. The number of fused-ring (bicyclic) bond motifs is 2. The molecule has 0 atom stereocenters. The molecule has 4 rings (SSSR count). The summed E-state index contributed by atoms with van der Waals surface area (Å²) in [5.41, 5.74) is 3.66. The molecule has 1 aliphatic heterocycles. The molecule has 0 radical (unpaired) electrons. The maximum Gasteiger partial charge on any atom is 0.262 e. The number of aromatic nitrogens is 2. The van der Waals surface area contributed by atoms with Gasteiger partial charge in [0, 0.05) is 23.9 Å². The number of hydrogen-bond donors (Lipinski definition) is 0. The first-order valence-corrected chi connectivity index (χ1v) is 9.18. The quantitative estimate of drug-likeness (QED) is 0.626. The Balaban J connectivity index is 1.75. The minimum Gasteiger partial charge on any atom is -0.299 e. The number of rotatable bonds is 1. The first-order valence-electron chi connectivity index (χ1n) is 9.18. The predicted molar refractivity (Wildman–Crippen MR) is 103 cm³/mol. The van der Waals surface area contributed by atoms with E-state index in [1.807, 2.05) is 6.07 Å². The molecule has 0 saturated heterocycles. The minimum absolute atomic E-state index is 0.00000960. The van der Waals surface area contributed by atoms with Crippen molar-refractivity contribution in [3.8, 4) is 11.8 Å². The van der Waals surface area contributed by atoms with Gasteiger partial charge in [0.2, 0.25) is 0 Å². The summed E-state index contributed by atoms with van der Waals surface area (Å²) < 4.78 is 14.9. The standard InChI is InChI=1S/C22H20FN3O/c1-2-25-11-4-7-20-19(15-25)22(27)26-12-10-17(14-21(26)24-20)9-8-16-5-3-6-18(23)13-16/h3,5-6,10,12-14H,2,4,7,11,15H2,1H3. The molecule has 0 saturated carbocycles. The highest BCUT2D eigenvalue weighted by Gasteiger charge is 2.19. The Morgan fingerprint density at radius 1 is 1.19 bits per heavy atom. The van der Waals surface area contributed by atoms with Crippen molar-refractivity contribution in [2.45, 2.75) is 26.3 Å². The van der Waals surface area contributed by atoms with Gasteiger partial charge in [0.15, 0.2) is 0 Å². The molecule has 0 bridgehead atoms. The van der Waals surface area contributed by atoms with E-state index in [1.165, 1.54) is 12.1 Å². The van der Waals surface area contributed by atoms with Gasteiger partial charge in [-0.3, -0.25) is 14.1 Å². The lowest BCUT2D eigenvalue weighted by Crippen LogP contribution is -2.28. The number of nitrogens with zero attached hydrogens (tertiary/aromatic N) is 3. The number of benzene rings is 1. The minimum atomic E-state index is -0.308. The van der Waals surface area contributed by atoms with Gasteiger partial charge in [0.25, 0.3) is 5.56 Å². The van der Waals surface area contributed by atoms with E-state index in [9.17, 15) is 9.18 Å². The normalized spacial score (nSPS) is 14.3. The average molecular weight is 361 g/mol. The molecule has 0 amide bonds. The molecule has 5 heteroatoms. The van der Waals surface area contributed by atoms with Crippen LogP contribution in [0.5, 0.6) is 0 Å². The molecule has 0 fully saturated rings. The van der Waals surface area contributed by atoms with Crippen LogP contribution >= 0.6 is 0 Å². The summed E-state index contributed by atoms with van der Waals surface area (Å²) >= 11 is 0. The maximum absolute atomic E-state index is 13.3. The van der Waals surface area contributed by atoms with Crippen LogP contribution in [0.25, 0.3) is 5.65 Å². The first-order chi connectivity index (χ1) is 13.1. The molecule has 136 valence electrons. The van der Waals surface area contributed by atoms with Gasteiger partial charge in [-0.05, 0) is 56.3 Å². The lowest BCUT2D eigenvalue weighted by molar-refractivity contribution is 0.283. The third-order valence-electron chi connectivity index (χ3n) is 4.90. The second-order valence-electron chi connectivity index (χ2n) is 6.72. The van der Waals surface area contributed by atoms with Crippen LogP contribution in [0.1, 0.15) is 35.7 Å². The molecule has 3 heterocycles. The number of pyridine rings is 1. The zero-order valence-electron chi connectivity index (χ0n) is 15.2. The van der Waals surface area contributed by atoms with Crippen LogP contribution in [0.4, 0.5) is 4.39 Å². The molecule has 2 aromatic heterocycles. The smallest absolute Gasteiger partial charge is 0.262 e. The van der Waals surface area contributed by atoms with E-state index < -0.39 is 0 Å². The molecule has 1 aromatic carbocycles. The van der Waals surface area contributed by atoms with Gasteiger partial charge in [0.05, 0.1) is 11.3 Å². The SMILES string of the molecule is CCN1CCCc2nc3cc(C#Cc4cccc(F)c4)ccn3c(=O)c2C1. The Kier molecular flexibility index (Phi) is 4.74. The lowest BCUT2D eigenvalue weighted by Gasteiger charge is -2.17. The summed E-state index contributed by atoms with van der Waals surface area (Å²) in [6, 6.07) is 9.80. The highest BCUT2D eigenvalue weighted by atomic mass is 19.1. The van der Waals surface area contributed by atoms with Crippen LogP contribution in [-0.4, -0.2) is 27.4 Å². The molecule has 3 aromatic rings. The maximum atomic E-state index is 13.3. The summed E-state index contributed by atoms with van der Waals surface area (Å²) in [4.78, 5) is 20.0. The molecular formula is C22H20FN3O. The Morgan fingerprint density at radius 2 is 2.00 bits per heavy atom. The second kappa shape index (κ2) is 7.34. The third-order valence-corrected chi connectivity index (χ3v) is 4.90. The van der Waals surface area contributed by atoms with Crippen LogP contribution in [0.2, 0.25) is 0 Å². The monoisotopic (exact) mass is 361 g/mol. The van der Waals surface area contributed by atoms with Crippen molar-refractivity contribution >= 4 is 5.65 Å². The van der Waals surface area contributed by atoms with Crippen molar-refractivity contribution in [2.24, 2.45) is 0 Å². The molecular weight excluding hydrogens is 341 g/mol. The van der Waals surface area contributed by atoms with Crippen molar-refractivity contribution in [1.29, 1.82) is 0 Å². The Labute approximate surface area is 157 Å². The fraction of sp³-hybridized carbons (Fsp3) is 0.273. The van der Waals surface area contributed by atoms with Crippen molar-refractivity contribution in [3.63, 3.8) is 0 Å². The van der Waals surface area contributed by atoms with E-state index >= 15 is 0 Å². The topological polar surface area (TPSA) is 37.6 Å². The lowest BCUT2D eigenvalue weighted by atomic mass is 10.1. The van der Waals surface area contributed by atoms with Gasteiger partial charge in [-0.1, -0.05) is 24.8 Å². The fourth-order valence-electron chi connectivity index (χ4n) is 3.42. The molecule has 0 N–H and O–H groups in total. The second-order valence-corrected chi connectivity index (χ2v) is 6.72. The van der Waals surface area contributed by atoms with Crippen molar-refractivity contribution in [2.75, 3.05) is 13.1 Å². The molecule has 0 spiro atoms. The first kappa shape index (κ1) is 17.4. The Morgan fingerprint density at radius 3 is 2.78 bits per heavy atom. The number of aryl methyl sites for hydroxylation is 1. The molecule has 0 aliphatic carbocycles. The van der Waals surface area contributed by atoms with E-state index in [-0.39, 0.29) is 11.4 Å². The van der Waals surface area contributed by atoms with E-state index in [2.05, 4.69) is 23.7 Å². The van der Waals surface area contributed by atoms with Crippen molar-refractivity contribution < 1.29 is 4.39 Å².